The molecule has 1 fully saturated rings. The fraction of sp³-hybridized carbons (Fsp3) is 0.500. The van der Waals surface area contributed by atoms with Gasteiger partial charge in [-0.05, 0) is 49.3 Å². The largest absolute Gasteiger partial charge is 0.351 e. The van der Waals surface area contributed by atoms with E-state index in [1.54, 1.807) is 24.5 Å². The average Bonchev–Trinajstić information content (AvgIpc) is 3.10. The molecule has 0 radical (unpaired) electrons. The summed E-state index contributed by atoms with van der Waals surface area (Å²) in [4.78, 5) is 15.7. The molecule has 0 aromatic carbocycles. The number of nitrogens with one attached hydrogen (secondary N) is 2. The van der Waals surface area contributed by atoms with E-state index in [2.05, 4.69) is 27.8 Å². The summed E-state index contributed by atoms with van der Waals surface area (Å²) in [6.45, 7) is 2.54. The molecule has 1 heterocycles. The lowest BCUT2D eigenvalue weighted by molar-refractivity contribution is 0.0953. The zero-order valence-electron chi connectivity index (χ0n) is 11.6. The van der Waals surface area contributed by atoms with Crippen molar-refractivity contribution in [1.82, 2.24) is 15.6 Å². The number of hydrogen-bond acceptors (Lipinski definition) is 3. The smallest absolute Gasteiger partial charge is 0.252 e. The van der Waals surface area contributed by atoms with E-state index in [9.17, 15) is 4.79 Å². The second-order valence-corrected chi connectivity index (χ2v) is 5.74. The van der Waals surface area contributed by atoms with Gasteiger partial charge >= 0.3 is 0 Å². The Morgan fingerprint density at radius 3 is 2.95 bits per heavy atom. The van der Waals surface area contributed by atoms with Gasteiger partial charge in [-0.2, -0.15) is 0 Å². The van der Waals surface area contributed by atoms with E-state index in [1.807, 2.05) is 0 Å². The van der Waals surface area contributed by atoms with Gasteiger partial charge in [0.05, 0.1) is 5.56 Å². The molecule has 4 heteroatoms. The zero-order valence-corrected chi connectivity index (χ0v) is 11.6. The number of pyridine rings is 1. The number of carbonyl (C=O) groups excluding carboxylic acids is 1. The molecule has 106 valence electrons. The number of carbonyl (C=O) groups is 1. The van der Waals surface area contributed by atoms with E-state index in [1.165, 1.54) is 12.8 Å². The van der Waals surface area contributed by atoms with Crippen molar-refractivity contribution in [2.75, 3.05) is 19.6 Å². The van der Waals surface area contributed by atoms with Crippen molar-refractivity contribution < 1.29 is 4.79 Å². The number of hydrogen-bond donors (Lipinski definition) is 2. The van der Waals surface area contributed by atoms with Gasteiger partial charge in [-0.25, -0.2) is 0 Å². The maximum absolute atomic E-state index is 11.8. The van der Waals surface area contributed by atoms with Crippen molar-refractivity contribution in [3.05, 3.63) is 42.2 Å². The molecule has 1 aromatic rings. The summed E-state index contributed by atoms with van der Waals surface area (Å²) in [6.07, 6.45) is 10.7. The quantitative estimate of drug-likeness (QED) is 0.610. The number of fused-ring (bicyclic) bond motifs is 2. The van der Waals surface area contributed by atoms with Crippen LogP contribution in [0.25, 0.3) is 0 Å². The van der Waals surface area contributed by atoms with E-state index in [0.717, 1.165) is 30.8 Å². The molecule has 4 nitrogen and oxygen atoms in total. The number of amides is 1. The minimum atomic E-state index is -0.0530. The molecular weight excluding hydrogens is 250 g/mol. The van der Waals surface area contributed by atoms with E-state index in [-0.39, 0.29) is 5.91 Å². The van der Waals surface area contributed by atoms with Crippen LogP contribution in [-0.2, 0) is 0 Å². The van der Waals surface area contributed by atoms with Crippen LogP contribution in [0.4, 0.5) is 0 Å². The molecule has 0 aliphatic heterocycles. The lowest BCUT2D eigenvalue weighted by atomic mass is 9.94. The molecule has 1 amide bonds. The Morgan fingerprint density at radius 2 is 2.25 bits per heavy atom. The molecule has 2 aliphatic rings. The van der Waals surface area contributed by atoms with E-state index < -0.39 is 0 Å². The Hall–Kier alpha value is -1.68. The topological polar surface area (TPSA) is 54.0 Å². The second-order valence-electron chi connectivity index (χ2n) is 5.74. The maximum atomic E-state index is 11.8. The molecule has 1 aromatic heterocycles. The van der Waals surface area contributed by atoms with Gasteiger partial charge in [0.15, 0.2) is 0 Å². The average molecular weight is 271 g/mol. The summed E-state index contributed by atoms with van der Waals surface area (Å²) < 4.78 is 0. The molecule has 20 heavy (non-hydrogen) atoms. The van der Waals surface area contributed by atoms with Gasteiger partial charge in [0.25, 0.3) is 5.91 Å². The molecule has 0 spiro atoms. The zero-order chi connectivity index (χ0) is 13.8. The first-order valence-corrected chi connectivity index (χ1v) is 7.40. The maximum Gasteiger partial charge on any atom is 0.252 e. The highest BCUT2D eigenvalue weighted by atomic mass is 16.1. The summed E-state index contributed by atoms with van der Waals surface area (Å²) in [5.74, 6) is 2.36. The van der Waals surface area contributed by atoms with Gasteiger partial charge in [-0.3, -0.25) is 9.78 Å². The van der Waals surface area contributed by atoms with Crippen LogP contribution in [0.5, 0.6) is 0 Å². The minimum absolute atomic E-state index is 0.0530. The van der Waals surface area contributed by atoms with Crippen molar-refractivity contribution in [3.8, 4) is 0 Å². The molecule has 1 saturated carbocycles. The molecule has 2 aliphatic carbocycles. The Kier molecular flexibility index (Phi) is 4.11. The fourth-order valence-corrected chi connectivity index (χ4v) is 3.28. The molecule has 0 saturated heterocycles. The summed E-state index contributed by atoms with van der Waals surface area (Å²) >= 11 is 0. The molecule has 3 rings (SSSR count). The number of aromatic nitrogens is 1. The summed E-state index contributed by atoms with van der Waals surface area (Å²) in [7, 11) is 0. The van der Waals surface area contributed by atoms with E-state index in [4.69, 9.17) is 0 Å². The Morgan fingerprint density at radius 1 is 1.30 bits per heavy atom. The van der Waals surface area contributed by atoms with Crippen LogP contribution < -0.4 is 10.6 Å². The first-order chi connectivity index (χ1) is 9.83. The van der Waals surface area contributed by atoms with Crippen molar-refractivity contribution in [2.24, 2.45) is 17.8 Å². The third kappa shape index (κ3) is 3.07. The number of allylic oxidation sites excluding steroid dienone is 2. The van der Waals surface area contributed by atoms with Gasteiger partial charge in [0.2, 0.25) is 0 Å². The van der Waals surface area contributed by atoms with Crippen LogP contribution in [0.15, 0.2) is 36.7 Å². The lowest BCUT2D eigenvalue weighted by Crippen LogP contribution is -2.34. The van der Waals surface area contributed by atoms with Gasteiger partial charge in [-0.15, -0.1) is 0 Å². The predicted molar refractivity (Wildman–Crippen MR) is 78.3 cm³/mol. The second kappa shape index (κ2) is 6.18. The standard InChI is InChI=1S/C16H21N3O/c20-16(14-2-1-5-17-10-14)19-7-6-18-11-15-9-12-3-4-13(15)8-12/h1-5,10,12-13,15,18H,6-9,11H2,(H,19,20). The Labute approximate surface area is 119 Å². The third-order valence-corrected chi connectivity index (χ3v) is 4.33. The first-order valence-electron chi connectivity index (χ1n) is 7.40. The first kappa shape index (κ1) is 13.3. The van der Waals surface area contributed by atoms with Crippen LogP contribution in [0, 0.1) is 17.8 Å². The normalized spacial score (nSPS) is 26.9. The van der Waals surface area contributed by atoms with Crippen molar-refractivity contribution in [1.29, 1.82) is 0 Å². The Balaban J connectivity index is 1.31. The molecule has 3 atom stereocenters. The van der Waals surface area contributed by atoms with Gasteiger partial charge in [-0.1, -0.05) is 12.2 Å². The van der Waals surface area contributed by atoms with Crippen LogP contribution in [0.1, 0.15) is 23.2 Å². The van der Waals surface area contributed by atoms with Crippen LogP contribution in [-0.4, -0.2) is 30.5 Å². The van der Waals surface area contributed by atoms with E-state index in [0.29, 0.717) is 12.1 Å². The summed E-state index contributed by atoms with van der Waals surface area (Å²) in [5.41, 5.74) is 0.616. The predicted octanol–water partition coefficient (Wildman–Crippen LogP) is 1.61. The summed E-state index contributed by atoms with van der Waals surface area (Å²) in [6, 6.07) is 3.55. The van der Waals surface area contributed by atoms with Crippen LogP contribution in [0.2, 0.25) is 0 Å². The molecule has 3 unspecified atom stereocenters. The highest BCUT2D eigenvalue weighted by molar-refractivity contribution is 5.93. The lowest BCUT2D eigenvalue weighted by Gasteiger charge is -2.18. The van der Waals surface area contributed by atoms with Gasteiger partial charge in [0, 0.05) is 25.5 Å². The van der Waals surface area contributed by atoms with Crippen molar-refractivity contribution >= 4 is 5.91 Å². The number of rotatable bonds is 6. The van der Waals surface area contributed by atoms with Gasteiger partial charge in [0.1, 0.15) is 0 Å². The minimum Gasteiger partial charge on any atom is -0.351 e. The van der Waals surface area contributed by atoms with Gasteiger partial charge < -0.3 is 10.6 Å². The third-order valence-electron chi connectivity index (χ3n) is 4.33. The van der Waals surface area contributed by atoms with Crippen molar-refractivity contribution in [2.45, 2.75) is 12.8 Å². The monoisotopic (exact) mass is 271 g/mol. The molecular formula is C16H21N3O. The fourth-order valence-electron chi connectivity index (χ4n) is 3.28. The van der Waals surface area contributed by atoms with E-state index >= 15 is 0 Å². The summed E-state index contributed by atoms with van der Waals surface area (Å²) in [5, 5.41) is 6.36. The molecule has 2 N–H and O–H groups in total. The van der Waals surface area contributed by atoms with Crippen LogP contribution >= 0.6 is 0 Å². The van der Waals surface area contributed by atoms with Crippen LogP contribution in [0.3, 0.4) is 0 Å². The number of nitrogens with zero attached hydrogens (tertiary/aromatic N) is 1. The molecule has 2 bridgehead atoms. The Bertz CT molecular complexity index is 486. The SMILES string of the molecule is O=C(NCCNCC1CC2C=CC1C2)c1cccnc1. The highest BCUT2D eigenvalue weighted by Crippen LogP contribution is 2.42. The highest BCUT2D eigenvalue weighted by Gasteiger charge is 2.34. The van der Waals surface area contributed by atoms with Crippen molar-refractivity contribution in [3.63, 3.8) is 0 Å².